The minimum atomic E-state index is -0.820. The van der Waals surface area contributed by atoms with Crippen molar-refractivity contribution < 1.29 is 19.0 Å². The van der Waals surface area contributed by atoms with E-state index in [9.17, 15) is 9.59 Å². The number of methoxy groups -OCH3 is 2. The summed E-state index contributed by atoms with van der Waals surface area (Å²) in [6.45, 7) is 7.71. The summed E-state index contributed by atoms with van der Waals surface area (Å²) in [6.07, 6.45) is 1.88. The smallest absolute Gasteiger partial charge is 0.338 e. The Balaban J connectivity index is 1.73. The van der Waals surface area contributed by atoms with Crippen LogP contribution in [-0.4, -0.2) is 35.9 Å². The van der Waals surface area contributed by atoms with Gasteiger partial charge in [-0.05, 0) is 87.9 Å². The van der Waals surface area contributed by atoms with Crippen LogP contribution in [0, 0.1) is 13.8 Å². The summed E-state index contributed by atoms with van der Waals surface area (Å²) < 4.78 is 20.7. The number of aromatic nitrogens is 2. The van der Waals surface area contributed by atoms with Crippen molar-refractivity contribution >= 4 is 35.0 Å². The lowest BCUT2D eigenvalue weighted by molar-refractivity contribution is -0.139. The third-order valence-electron chi connectivity index (χ3n) is 7.09. The number of rotatable bonds is 7. The van der Waals surface area contributed by atoms with Gasteiger partial charge >= 0.3 is 5.97 Å². The van der Waals surface area contributed by atoms with Crippen LogP contribution >= 0.6 is 22.9 Å². The van der Waals surface area contributed by atoms with E-state index >= 15 is 0 Å². The fourth-order valence-corrected chi connectivity index (χ4v) is 6.36. The molecule has 10 heteroatoms. The first-order valence-corrected chi connectivity index (χ1v) is 14.2. The number of hydrogen-bond acceptors (Lipinski definition) is 7. The number of fused-ring (bicyclic) bond motifs is 1. The Kier molecular flexibility index (Phi) is 7.93. The number of esters is 1. The average Bonchev–Trinajstić information content (AvgIpc) is 3.41. The van der Waals surface area contributed by atoms with Crippen LogP contribution in [0.3, 0.4) is 0 Å². The van der Waals surface area contributed by atoms with Crippen LogP contribution in [0.5, 0.6) is 11.5 Å². The van der Waals surface area contributed by atoms with Gasteiger partial charge in [0.05, 0.1) is 36.6 Å². The Labute approximate surface area is 246 Å². The molecule has 0 unspecified atom stereocenters. The number of aryl methyl sites for hydroxylation is 1. The molecule has 8 nitrogen and oxygen atoms in total. The first-order chi connectivity index (χ1) is 19.7. The van der Waals surface area contributed by atoms with Crippen LogP contribution in [0.2, 0.25) is 5.02 Å². The van der Waals surface area contributed by atoms with Crippen molar-refractivity contribution in [2.24, 2.45) is 4.99 Å². The largest absolute Gasteiger partial charge is 0.497 e. The first kappa shape index (κ1) is 28.4. The van der Waals surface area contributed by atoms with Gasteiger partial charge in [0, 0.05) is 27.7 Å². The Morgan fingerprint density at radius 2 is 1.80 bits per heavy atom. The van der Waals surface area contributed by atoms with Crippen LogP contribution in [0.25, 0.3) is 11.8 Å². The second-order valence-corrected chi connectivity index (χ2v) is 11.0. The highest BCUT2D eigenvalue weighted by molar-refractivity contribution is 7.07. The van der Waals surface area contributed by atoms with Crippen LogP contribution in [0.1, 0.15) is 42.4 Å². The molecule has 41 heavy (non-hydrogen) atoms. The maximum Gasteiger partial charge on any atom is 0.338 e. The summed E-state index contributed by atoms with van der Waals surface area (Å²) in [4.78, 5) is 32.5. The van der Waals surface area contributed by atoms with Gasteiger partial charge in [0.25, 0.3) is 5.56 Å². The van der Waals surface area contributed by atoms with E-state index in [0.29, 0.717) is 37.1 Å². The van der Waals surface area contributed by atoms with Gasteiger partial charge in [-0.2, -0.15) is 0 Å². The molecule has 0 amide bonds. The molecule has 0 fully saturated rings. The molecular weight excluding hydrogens is 562 g/mol. The fourth-order valence-electron chi connectivity index (χ4n) is 5.20. The van der Waals surface area contributed by atoms with Gasteiger partial charge in [0.15, 0.2) is 4.80 Å². The monoisotopic (exact) mass is 591 g/mol. The van der Waals surface area contributed by atoms with Crippen LogP contribution in [0.4, 0.5) is 0 Å². The number of ether oxygens (including phenoxy) is 3. The van der Waals surface area contributed by atoms with Gasteiger partial charge < -0.3 is 18.8 Å². The number of allylic oxidation sites excluding steroid dienone is 1. The predicted molar refractivity (Wildman–Crippen MR) is 160 cm³/mol. The predicted octanol–water partition coefficient (Wildman–Crippen LogP) is 4.88. The summed E-state index contributed by atoms with van der Waals surface area (Å²) in [5.41, 5.74) is 4.95. The molecule has 3 heterocycles. The van der Waals surface area contributed by atoms with Crippen molar-refractivity contribution in [2.45, 2.75) is 33.7 Å². The number of nitrogens with zero attached hydrogens (tertiary/aromatic N) is 3. The lowest BCUT2D eigenvalue weighted by Gasteiger charge is -2.26. The van der Waals surface area contributed by atoms with E-state index in [0.717, 1.165) is 22.6 Å². The van der Waals surface area contributed by atoms with Crippen molar-refractivity contribution in [3.05, 3.63) is 107 Å². The SMILES string of the molecule is CCOC(=O)C1=C(C)N=c2s/c(=C\c3cc(C)n(-c4ccc(Cl)cc4)c3C)c(=O)n2[C@H]1c1cc(OC)ccc1OC. The van der Waals surface area contributed by atoms with Crippen molar-refractivity contribution in [1.29, 1.82) is 0 Å². The lowest BCUT2D eigenvalue weighted by atomic mass is 9.94. The lowest BCUT2D eigenvalue weighted by Crippen LogP contribution is -2.40. The average molecular weight is 592 g/mol. The number of benzene rings is 2. The number of carbonyl (C=O) groups is 1. The molecule has 0 radical (unpaired) electrons. The van der Waals surface area contributed by atoms with Gasteiger partial charge in [-0.25, -0.2) is 9.79 Å². The maximum atomic E-state index is 14.1. The standard InChI is InChI=1S/C31H30ClN3O5S/c1-7-40-30(37)27-18(3)33-31-35(28(27)24-16-23(38-5)12-13-25(24)39-6)29(36)26(41-31)15-20-14-17(2)34(19(20)4)22-10-8-21(32)9-11-22/h8-16,28H,7H2,1-6H3/b26-15-/t28-/m0/s1. The van der Waals surface area contributed by atoms with Gasteiger partial charge in [-0.3, -0.25) is 9.36 Å². The molecule has 0 N–H and O–H groups in total. The minimum Gasteiger partial charge on any atom is -0.497 e. The van der Waals surface area contributed by atoms with E-state index in [1.807, 2.05) is 50.3 Å². The van der Waals surface area contributed by atoms with Crippen LogP contribution in [0.15, 0.2) is 69.6 Å². The Hall–Kier alpha value is -4.08. The molecule has 1 atom stereocenters. The van der Waals surface area contributed by atoms with E-state index in [-0.39, 0.29) is 17.7 Å². The molecule has 0 bridgehead atoms. The third-order valence-corrected chi connectivity index (χ3v) is 8.33. The van der Waals surface area contributed by atoms with Crippen molar-refractivity contribution in [2.75, 3.05) is 20.8 Å². The van der Waals surface area contributed by atoms with Crippen molar-refractivity contribution in [3.8, 4) is 17.2 Å². The fraction of sp³-hybridized carbons (Fsp3) is 0.258. The number of carbonyl (C=O) groups excluding carboxylic acids is 1. The second-order valence-electron chi connectivity index (χ2n) is 9.55. The molecule has 0 saturated heterocycles. The van der Waals surface area contributed by atoms with Crippen LogP contribution in [-0.2, 0) is 9.53 Å². The molecule has 2 aromatic heterocycles. The number of halogens is 1. The van der Waals surface area contributed by atoms with E-state index in [4.69, 9.17) is 25.8 Å². The van der Waals surface area contributed by atoms with Crippen molar-refractivity contribution in [1.82, 2.24) is 9.13 Å². The molecule has 5 rings (SSSR count). The quantitative estimate of drug-likeness (QED) is 0.286. The number of thiazole rings is 1. The molecule has 0 spiro atoms. The highest BCUT2D eigenvalue weighted by Crippen LogP contribution is 2.38. The zero-order valence-electron chi connectivity index (χ0n) is 23.6. The van der Waals surface area contributed by atoms with Gasteiger partial charge in [-0.15, -0.1) is 0 Å². The zero-order valence-corrected chi connectivity index (χ0v) is 25.2. The second kappa shape index (κ2) is 11.4. The summed E-state index contributed by atoms with van der Waals surface area (Å²) >= 11 is 7.37. The van der Waals surface area contributed by atoms with E-state index in [2.05, 4.69) is 9.56 Å². The summed E-state index contributed by atoms with van der Waals surface area (Å²) in [5, 5.41) is 0.664. The van der Waals surface area contributed by atoms with E-state index < -0.39 is 12.0 Å². The van der Waals surface area contributed by atoms with Crippen LogP contribution < -0.4 is 24.4 Å². The summed E-state index contributed by atoms with van der Waals surface area (Å²) in [7, 11) is 3.11. The van der Waals surface area contributed by atoms with E-state index in [1.54, 1.807) is 50.8 Å². The topological polar surface area (TPSA) is 84.1 Å². The van der Waals surface area contributed by atoms with Gasteiger partial charge in [-0.1, -0.05) is 22.9 Å². The third kappa shape index (κ3) is 5.11. The van der Waals surface area contributed by atoms with Gasteiger partial charge in [0.1, 0.15) is 17.5 Å². The summed E-state index contributed by atoms with van der Waals surface area (Å²) in [6, 6.07) is 14.1. The maximum absolute atomic E-state index is 14.1. The number of hydrogen-bond donors (Lipinski definition) is 0. The molecule has 4 aromatic rings. The molecule has 0 aliphatic carbocycles. The molecule has 2 aromatic carbocycles. The van der Waals surface area contributed by atoms with Gasteiger partial charge in [0.2, 0.25) is 0 Å². The van der Waals surface area contributed by atoms with E-state index in [1.165, 1.54) is 11.3 Å². The Bertz CT molecular complexity index is 1860. The molecular formula is C31H30ClN3O5S. The first-order valence-electron chi connectivity index (χ1n) is 13.0. The minimum absolute atomic E-state index is 0.186. The molecule has 1 aliphatic rings. The normalized spacial score (nSPS) is 15.0. The zero-order chi connectivity index (χ0) is 29.4. The highest BCUT2D eigenvalue weighted by atomic mass is 35.5. The molecule has 0 saturated carbocycles. The van der Waals surface area contributed by atoms with Crippen molar-refractivity contribution in [3.63, 3.8) is 0 Å². The summed E-state index contributed by atoms with van der Waals surface area (Å²) in [5.74, 6) is 0.535. The highest BCUT2D eigenvalue weighted by Gasteiger charge is 2.35. The molecule has 212 valence electrons. The Morgan fingerprint density at radius 1 is 1.07 bits per heavy atom. The molecule has 1 aliphatic heterocycles. The Morgan fingerprint density at radius 3 is 2.46 bits per heavy atom.